The second-order valence-corrected chi connectivity index (χ2v) is 3.47. The minimum atomic E-state index is -6.03. The number of ether oxygens (including phenoxy) is 1. The molecule has 5 nitrogen and oxygen atoms in total. The molecule has 1 amide bonds. The van der Waals surface area contributed by atoms with Crippen LogP contribution in [0.25, 0.3) is 0 Å². The van der Waals surface area contributed by atoms with Crippen LogP contribution in [0, 0.1) is 0 Å². The highest BCUT2D eigenvalue weighted by molar-refractivity contribution is 6.29. The Morgan fingerprint density at radius 1 is 1.32 bits per heavy atom. The molecular formula is C8H5ClF5N3O2. The van der Waals surface area contributed by atoms with Gasteiger partial charge in [0.15, 0.2) is 0 Å². The summed E-state index contributed by atoms with van der Waals surface area (Å²) in [5.74, 6) is -9.25. The van der Waals surface area contributed by atoms with Gasteiger partial charge in [-0.1, -0.05) is 11.6 Å². The van der Waals surface area contributed by atoms with E-state index in [4.69, 9.17) is 11.6 Å². The van der Waals surface area contributed by atoms with Crippen molar-refractivity contribution in [2.45, 2.75) is 12.1 Å². The van der Waals surface area contributed by atoms with Crippen LogP contribution in [0.5, 0.6) is 5.88 Å². The summed E-state index contributed by atoms with van der Waals surface area (Å²) < 4.78 is 65.6. The van der Waals surface area contributed by atoms with E-state index in [0.717, 1.165) is 13.2 Å². The highest BCUT2D eigenvalue weighted by Gasteiger charge is 2.63. The normalized spacial score (nSPS) is 12.2. The predicted molar refractivity (Wildman–Crippen MR) is 53.2 cm³/mol. The molecule has 1 heterocycles. The van der Waals surface area contributed by atoms with Gasteiger partial charge in [-0.2, -0.15) is 26.9 Å². The minimum Gasteiger partial charge on any atom is -0.481 e. The summed E-state index contributed by atoms with van der Waals surface area (Å²) in [5, 5.41) is 0.901. The number of rotatable bonds is 3. The number of carbonyl (C=O) groups is 1. The third kappa shape index (κ3) is 3.40. The van der Waals surface area contributed by atoms with E-state index < -0.39 is 24.0 Å². The number of hydrogen-bond donors (Lipinski definition) is 1. The summed E-state index contributed by atoms with van der Waals surface area (Å²) in [7, 11) is 1.15. The standard InChI is InChI=1S/C8H5ClF5N3O2/c1-19-4-2-3(9)15-6(16-4)17-5(18)7(10,11)8(12,13)14/h2H,1H3,(H,15,16,17,18). The lowest BCUT2D eigenvalue weighted by Crippen LogP contribution is -2.47. The van der Waals surface area contributed by atoms with Crippen LogP contribution >= 0.6 is 11.6 Å². The van der Waals surface area contributed by atoms with Crippen LogP contribution < -0.4 is 10.1 Å². The molecule has 0 aliphatic heterocycles. The van der Waals surface area contributed by atoms with Gasteiger partial charge in [-0.05, 0) is 0 Å². The van der Waals surface area contributed by atoms with Crippen molar-refractivity contribution in [1.82, 2.24) is 9.97 Å². The van der Waals surface area contributed by atoms with Gasteiger partial charge in [-0.25, -0.2) is 4.98 Å². The summed E-state index contributed by atoms with van der Waals surface area (Å²) in [5.41, 5.74) is 0. The quantitative estimate of drug-likeness (QED) is 0.687. The molecule has 0 atom stereocenters. The number of amides is 1. The van der Waals surface area contributed by atoms with Crippen LogP contribution in [-0.4, -0.2) is 35.1 Å². The fourth-order valence-electron chi connectivity index (χ4n) is 0.866. The van der Waals surface area contributed by atoms with Crippen LogP contribution in [0.2, 0.25) is 5.15 Å². The zero-order valence-electron chi connectivity index (χ0n) is 9.06. The lowest BCUT2D eigenvalue weighted by molar-refractivity contribution is -0.267. The first kappa shape index (κ1) is 15.3. The number of carbonyl (C=O) groups excluding carboxylic acids is 1. The molecule has 0 aliphatic carbocycles. The average molecular weight is 306 g/mol. The zero-order valence-corrected chi connectivity index (χ0v) is 9.81. The molecule has 1 rings (SSSR count). The molecular weight excluding hydrogens is 301 g/mol. The van der Waals surface area contributed by atoms with Gasteiger partial charge in [0.05, 0.1) is 7.11 Å². The highest BCUT2D eigenvalue weighted by atomic mass is 35.5. The first-order valence-corrected chi connectivity index (χ1v) is 4.80. The average Bonchev–Trinajstić information content (AvgIpc) is 2.26. The van der Waals surface area contributed by atoms with Crippen LogP contribution in [-0.2, 0) is 4.79 Å². The third-order valence-electron chi connectivity index (χ3n) is 1.75. The second kappa shape index (κ2) is 5.11. The van der Waals surface area contributed by atoms with E-state index in [-0.39, 0.29) is 11.0 Å². The van der Waals surface area contributed by atoms with E-state index in [1.165, 1.54) is 5.32 Å². The van der Waals surface area contributed by atoms with E-state index in [9.17, 15) is 26.7 Å². The summed E-state index contributed by atoms with van der Waals surface area (Å²) in [6.45, 7) is 0. The van der Waals surface area contributed by atoms with Crippen molar-refractivity contribution in [3.8, 4) is 5.88 Å². The number of nitrogens with one attached hydrogen (secondary N) is 1. The molecule has 0 aromatic carbocycles. The summed E-state index contributed by atoms with van der Waals surface area (Å²) in [4.78, 5) is 17.4. The topological polar surface area (TPSA) is 64.1 Å². The lowest BCUT2D eigenvalue weighted by atomic mass is 10.3. The van der Waals surface area contributed by atoms with Crippen molar-refractivity contribution in [2.75, 3.05) is 12.4 Å². The van der Waals surface area contributed by atoms with Crippen molar-refractivity contribution < 1.29 is 31.5 Å². The van der Waals surface area contributed by atoms with E-state index in [0.29, 0.717) is 0 Å². The minimum absolute atomic E-state index is 0.217. The first-order valence-electron chi connectivity index (χ1n) is 4.42. The van der Waals surface area contributed by atoms with E-state index in [1.54, 1.807) is 0 Å². The Morgan fingerprint density at radius 3 is 2.37 bits per heavy atom. The Kier molecular flexibility index (Phi) is 4.13. The molecule has 1 aromatic rings. The third-order valence-corrected chi connectivity index (χ3v) is 1.94. The van der Waals surface area contributed by atoms with Gasteiger partial charge >= 0.3 is 18.0 Å². The molecule has 106 valence electrons. The molecule has 11 heteroatoms. The first-order chi connectivity index (χ1) is 8.57. The zero-order chi connectivity index (χ0) is 14.8. The molecule has 0 radical (unpaired) electrons. The Bertz CT molecular complexity index is 494. The van der Waals surface area contributed by atoms with E-state index in [1.807, 2.05) is 0 Å². The fourth-order valence-corrected chi connectivity index (χ4v) is 1.04. The van der Waals surface area contributed by atoms with Crippen LogP contribution in [0.15, 0.2) is 6.07 Å². The van der Waals surface area contributed by atoms with Gasteiger partial charge in [0.2, 0.25) is 11.8 Å². The van der Waals surface area contributed by atoms with Crippen molar-refractivity contribution in [3.63, 3.8) is 0 Å². The molecule has 0 aliphatic rings. The number of hydrogen-bond acceptors (Lipinski definition) is 4. The van der Waals surface area contributed by atoms with Crippen LogP contribution in [0.3, 0.4) is 0 Å². The van der Waals surface area contributed by atoms with Gasteiger partial charge < -0.3 is 4.74 Å². The Labute approximate surface area is 107 Å². The molecule has 0 bridgehead atoms. The van der Waals surface area contributed by atoms with Crippen molar-refractivity contribution >= 4 is 23.5 Å². The molecule has 0 unspecified atom stereocenters. The van der Waals surface area contributed by atoms with Gasteiger partial charge in [0.1, 0.15) is 5.15 Å². The highest BCUT2D eigenvalue weighted by Crippen LogP contribution is 2.36. The smallest absolute Gasteiger partial charge is 0.463 e. The number of anilines is 1. The lowest BCUT2D eigenvalue weighted by Gasteiger charge is -2.18. The predicted octanol–water partition coefficient (Wildman–Crippen LogP) is 2.27. The van der Waals surface area contributed by atoms with E-state index >= 15 is 0 Å². The fraction of sp³-hybridized carbons (Fsp3) is 0.375. The van der Waals surface area contributed by atoms with Crippen molar-refractivity contribution in [1.29, 1.82) is 0 Å². The maximum atomic E-state index is 12.6. The van der Waals surface area contributed by atoms with Crippen LogP contribution in [0.1, 0.15) is 0 Å². The number of halogens is 6. The van der Waals surface area contributed by atoms with Crippen LogP contribution in [0.4, 0.5) is 27.9 Å². The Morgan fingerprint density at radius 2 is 1.89 bits per heavy atom. The largest absolute Gasteiger partial charge is 0.481 e. The van der Waals surface area contributed by atoms with Crippen molar-refractivity contribution in [3.05, 3.63) is 11.2 Å². The van der Waals surface area contributed by atoms with Gasteiger partial charge in [-0.3, -0.25) is 10.1 Å². The number of methoxy groups -OCH3 is 1. The molecule has 1 aromatic heterocycles. The maximum Gasteiger partial charge on any atom is 0.463 e. The SMILES string of the molecule is COc1cc(Cl)nc(NC(=O)C(F)(F)C(F)(F)F)n1. The molecule has 0 saturated heterocycles. The Balaban J connectivity index is 2.97. The second-order valence-electron chi connectivity index (χ2n) is 3.08. The van der Waals surface area contributed by atoms with Gasteiger partial charge in [0, 0.05) is 6.07 Å². The van der Waals surface area contributed by atoms with Crippen molar-refractivity contribution in [2.24, 2.45) is 0 Å². The molecule has 0 saturated carbocycles. The summed E-state index contributed by atoms with van der Waals surface area (Å²) in [6.07, 6.45) is -6.03. The molecule has 0 fully saturated rings. The molecule has 0 spiro atoms. The van der Waals surface area contributed by atoms with E-state index in [2.05, 4.69) is 14.7 Å². The number of alkyl halides is 5. The molecule has 19 heavy (non-hydrogen) atoms. The number of nitrogens with zero attached hydrogens (tertiary/aromatic N) is 2. The van der Waals surface area contributed by atoms with Gasteiger partial charge in [-0.15, -0.1) is 0 Å². The monoisotopic (exact) mass is 305 g/mol. The summed E-state index contributed by atoms with van der Waals surface area (Å²) >= 11 is 5.42. The maximum absolute atomic E-state index is 12.6. The summed E-state index contributed by atoms with van der Waals surface area (Å²) in [6, 6.07) is 1.07. The number of aromatic nitrogens is 2. The molecule has 1 N–H and O–H groups in total. The Hall–Kier alpha value is -1.71. The van der Waals surface area contributed by atoms with Gasteiger partial charge in [0.25, 0.3) is 0 Å².